The Labute approximate surface area is 157 Å². The van der Waals surface area contributed by atoms with Gasteiger partial charge in [-0.1, -0.05) is 11.6 Å². The third-order valence-corrected chi connectivity index (χ3v) is 4.67. The van der Waals surface area contributed by atoms with Gasteiger partial charge in [-0.3, -0.25) is 0 Å². The fourth-order valence-electron chi connectivity index (χ4n) is 2.99. The molecule has 0 radical (unpaired) electrons. The van der Waals surface area contributed by atoms with Crippen molar-refractivity contribution in [2.45, 2.75) is 0 Å². The van der Waals surface area contributed by atoms with Gasteiger partial charge >= 0.3 is 6.01 Å². The number of ether oxygens (including phenoxy) is 2. The van der Waals surface area contributed by atoms with Crippen LogP contribution in [0.2, 0.25) is 5.02 Å². The molecule has 2 heterocycles. The molecule has 26 heavy (non-hydrogen) atoms. The molecule has 3 aromatic rings. The van der Waals surface area contributed by atoms with Crippen LogP contribution >= 0.6 is 11.6 Å². The monoisotopic (exact) mass is 371 g/mol. The number of methoxy groups -OCH3 is 1. The van der Waals surface area contributed by atoms with E-state index in [-0.39, 0.29) is 0 Å². The van der Waals surface area contributed by atoms with Crippen LogP contribution in [0.4, 0.5) is 6.01 Å². The molecule has 0 N–H and O–H groups in total. The van der Waals surface area contributed by atoms with Crippen LogP contribution in [0, 0.1) is 0 Å². The lowest BCUT2D eigenvalue weighted by Gasteiger charge is -2.19. The SMILES string of the molecule is COc1ccc(-[n+]2cc(-c3ccc(Cl)cc3)oc2N2CCOCC2)cc1. The molecular weight excluding hydrogens is 352 g/mol. The number of oxazole rings is 1. The van der Waals surface area contributed by atoms with Crippen LogP contribution in [0.3, 0.4) is 0 Å². The predicted molar refractivity (Wildman–Crippen MR) is 100 cm³/mol. The van der Waals surface area contributed by atoms with Crippen molar-refractivity contribution in [3.8, 4) is 22.8 Å². The number of nitrogens with zero attached hydrogens (tertiary/aromatic N) is 2. The van der Waals surface area contributed by atoms with E-state index in [2.05, 4.69) is 9.47 Å². The zero-order valence-corrected chi connectivity index (χ0v) is 15.3. The van der Waals surface area contributed by atoms with Crippen molar-refractivity contribution in [3.63, 3.8) is 0 Å². The number of rotatable bonds is 4. The maximum Gasteiger partial charge on any atom is 0.462 e. The van der Waals surface area contributed by atoms with Gasteiger partial charge in [-0.25, -0.2) is 4.90 Å². The van der Waals surface area contributed by atoms with Crippen molar-refractivity contribution in [3.05, 3.63) is 59.8 Å². The second kappa shape index (κ2) is 7.40. The Morgan fingerprint density at radius 1 is 1.00 bits per heavy atom. The van der Waals surface area contributed by atoms with E-state index >= 15 is 0 Å². The molecule has 2 aromatic carbocycles. The largest absolute Gasteiger partial charge is 0.497 e. The van der Waals surface area contributed by atoms with Crippen molar-refractivity contribution >= 4 is 17.6 Å². The lowest BCUT2D eigenvalue weighted by atomic mass is 10.2. The molecular formula is C20H20ClN2O3+. The summed E-state index contributed by atoms with van der Waals surface area (Å²) < 4.78 is 19.1. The number of hydrogen-bond acceptors (Lipinski definition) is 4. The van der Waals surface area contributed by atoms with Crippen LogP contribution in [-0.2, 0) is 4.74 Å². The van der Waals surface area contributed by atoms with Crippen LogP contribution in [0.25, 0.3) is 17.0 Å². The van der Waals surface area contributed by atoms with E-state index in [0.717, 1.165) is 41.9 Å². The van der Waals surface area contributed by atoms with Gasteiger partial charge in [-0.05, 0) is 48.5 Å². The molecule has 4 rings (SSSR count). The fourth-order valence-corrected chi connectivity index (χ4v) is 3.12. The molecule has 1 aliphatic heterocycles. The van der Waals surface area contributed by atoms with Crippen LogP contribution in [0.1, 0.15) is 0 Å². The number of morpholine rings is 1. The Hall–Kier alpha value is -2.50. The predicted octanol–water partition coefficient (Wildman–Crippen LogP) is 3.72. The Morgan fingerprint density at radius 3 is 2.35 bits per heavy atom. The highest BCUT2D eigenvalue weighted by molar-refractivity contribution is 6.30. The van der Waals surface area contributed by atoms with Gasteiger partial charge in [-0.15, -0.1) is 0 Å². The molecule has 5 nitrogen and oxygen atoms in total. The minimum absolute atomic E-state index is 0.694. The number of benzene rings is 2. The lowest BCUT2D eigenvalue weighted by Crippen LogP contribution is -2.43. The van der Waals surface area contributed by atoms with E-state index in [9.17, 15) is 0 Å². The maximum atomic E-state index is 6.25. The van der Waals surface area contributed by atoms with Gasteiger partial charge in [0.15, 0.2) is 5.76 Å². The van der Waals surface area contributed by atoms with Gasteiger partial charge in [0.2, 0.25) is 0 Å². The van der Waals surface area contributed by atoms with Crippen molar-refractivity contribution in [2.75, 3.05) is 38.3 Å². The molecule has 6 heteroatoms. The zero-order valence-electron chi connectivity index (χ0n) is 14.5. The first-order chi connectivity index (χ1) is 12.7. The third-order valence-electron chi connectivity index (χ3n) is 4.41. The number of halogens is 1. The van der Waals surface area contributed by atoms with Crippen molar-refractivity contribution < 1.29 is 18.5 Å². The molecule has 1 saturated heterocycles. The maximum absolute atomic E-state index is 6.25. The van der Waals surface area contributed by atoms with Gasteiger partial charge in [0.25, 0.3) is 0 Å². The molecule has 0 atom stereocenters. The molecule has 1 fully saturated rings. The van der Waals surface area contributed by atoms with E-state index < -0.39 is 0 Å². The molecule has 0 aliphatic carbocycles. The Morgan fingerprint density at radius 2 is 1.69 bits per heavy atom. The highest BCUT2D eigenvalue weighted by atomic mass is 35.5. The molecule has 0 saturated carbocycles. The topological polar surface area (TPSA) is 38.7 Å². The number of aromatic nitrogens is 1. The summed E-state index contributed by atoms with van der Waals surface area (Å²) in [5, 5.41) is 0.705. The molecule has 134 valence electrons. The summed E-state index contributed by atoms with van der Waals surface area (Å²) in [6, 6.07) is 16.4. The molecule has 0 spiro atoms. The summed E-state index contributed by atoms with van der Waals surface area (Å²) in [5.74, 6) is 1.61. The average Bonchev–Trinajstić information content (AvgIpc) is 3.15. The summed E-state index contributed by atoms with van der Waals surface area (Å²) in [5.41, 5.74) is 1.99. The lowest BCUT2D eigenvalue weighted by molar-refractivity contribution is -0.585. The summed E-state index contributed by atoms with van der Waals surface area (Å²) in [6.07, 6.45) is 2.01. The average molecular weight is 372 g/mol. The minimum atomic E-state index is 0.694. The Balaban J connectivity index is 1.77. The Bertz CT molecular complexity index is 869. The second-order valence-electron chi connectivity index (χ2n) is 6.05. The van der Waals surface area contributed by atoms with E-state index in [0.29, 0.717) is 18.2 Å². The van der Waals surface area contributed by atoms with Crippen LogP contribution < -0.4 is 14.2 Å². The van der Waals surface area contributed by atoms with Gasteiger partial charge in [0.1, 0.15) is 30.7 Å². The first-order valence-corrected chi connectivity index (χ1v) is 8.91. The fraction of sp³-hybridized carbons (Fsp3) is 0.250. The first-order valence-electron chi connectivity index (χ1n) is 8.53. The number of hydrogen-bond donors (Lipinski definition) is 0. The van der Waals surface area contributed by atoms with Gasteiger partial charge < -0.3 is 13.9 Å². The molecule has 0 unspecified atom stereocenters. The van der Waals surface area contributed by atoms with Gasteiger partial charge in [0.05, 0.1) is 20.3 Å². The van der Waals surface area contributed by atoms with Crippen molar-refractivity contribution in [1.82, 2.24) is 0 Å². The highest BCUT2D eigenvalue weighted by Gasteiger charge is 2.29. The van der Waals surface area contributed by atoms with E-state index in [4.69, 9.17) is 25.5 Å². The van der Waals surface area contributed by atoms with Gasteiger partial charge in [-0.2, -0.15) is 4.57 Å². The smallest absolute Gasteiger partial charge is 0.462 e. The molecule has 0 bridgehead atoms. The summed E-state index contributed by atoms with van der Waals surface area (Å²) in [7, 11) is 1.66. The van der Waals surface area contributed by atoms with E-state index in [1.165, 1.54) is 0 Å². The van der Waals surface area contributed by atoms with Crippen molar-refractivity contribution in [2.24, 2.45) is 0 Å². The molecule has 1 aromatic heterocycles. The van der Waals surface area contributed by atoms with Gasteiger partial charge in [0, 0.05) is 10.6 Å². The molecule has 1 aliphatic rings. The van der Waals surface area contributed by atoms with Crippen LogP contribution in [0.5, 0.6) is 5.75 Å². The normalized spacial score (nSPS) is 14.5. The van der Waals surface area contributed by atoms with Crippen LogP contribution in [0.15, 0.2) is 59.1 Å². The molecule has 0 amide bonds. The van der Waals surface area contributed by atoms with Crippen molar-refractivity contribution in [1.29, 1.82) is 0 Å². The summed E-state index contributed by atoms with van der Waals surface area (Å²) in [6.45, 7) is 2.98. The second-order valence-corrected chi connectivity index (χ2v) is 6.49. The first kappa shape index (κ1) is 16.9. The Kier molecular flexibility index (Phi) is 4.82. The quantitative estimate of drug-likeness (QED) is 0.655. The minimum Gasteiger partial charge on any atom is -0.497 e. The van der Waals surface area contributed by atoms with Crippen LogP contribution in [-0.4, -0.2) is 33.4 Å². The zero-order chi connectivity index (χ0) is 17.9. The van der Waals surface area contributed by atoms with E-state index in [1.807, 2.05) is 54.7 Å². The summed E-state index contributed by atoms with van der Waals surface area (Å²) in [4.78, 5) is 2.20. The summed E-state index contributed by atoms with van der Waals surface area (Å²) >= 11 is 6.01. The standard InChI is InChI=1S/C20H20ClN2O3/c1-24-18-8-6-17(7-9-18)23-14-19(15-2-4-16(21)5-3-15)26-20(23)22-10-12-25-13-11-22/h2-9,14H,10-13H2,1H3/q+1. The highest BCUT2D eigenvalue weighted by Crippen LogP contribution is 2.27. The third kappa shape index (κ3) is 3.41. The number of anilines is 1. The van der Waals surface area contributed by atoms with E-state index in [1.54, 1.807) is 7.11 Å².